The number of aliphatic hydroxyl groups is 1. The number of aromatic hydroxyl groups is 1. The zero-order valence-corrected chi connectivity index (χ0v) is 16.1. The van der Waals surface area contributed by atoms with Crippen molar-refractivity contribution in [1.29, 1.82) is 0 Å². The Morgan fingerprint density at radius 3 is 2.62 bits per heavy atom. The fraction of sp³-hybridized carbons (Fsp3) is 0.400. The molecule has 2 aromatic rings. The van der Waals surface area contributed by atoms with Gasteiger partial charge in [-0.15, -0.1) is 0 Å². The van der Waals surface area contributed by atoms with E-state index in [1.807, 2.05) is 18.2 Å². The Balaban J connectivity index is 1.67. The van der Waals surface area contributed by atoms with Crippen LogP contribution in [0.5, 0.6) is 5.75 Å². The maximum Gasteiger partial charge on any atom is 0.116 e. The highest BCUT2D eigenvalue weighted by molar-refractivity contribution is 7.99. The third-order valence-corrected chi connectivity index (χ3v) is 6.71. The first kappa shape index (κ1) is 18.1. The maximum atomic E-state index is 9.90. The van der Waals surface area contributed by atoms with E-state index in [2.05, 4.69) is 21.9 Å². The third-order valence-electron chi connectivity index (χ3n) is 5.28. The van der Waals surface area contributed by atoms with E-state index in [0.29, 0.717) is 5.75 Å². The molecule has 0 saturated carbocycles. The number of piperazine rings is 1. The number of phenols is 1. The van der Waals surface area contributed by atoms with Crippen molar-refractivity contribution >= 4 is 23.4 Å². The second-order valence-electron chi connectivity index (χ2n) is 6.90. The molecule has 4 rings (SSSR count). The molecule has 4 nitrogen and oxygen atoms in total. The molecule has 2 aromatic carbocycles. The summed E-state index contributed by atoms with van der Waals surface area (Å²) < 4.78 is 0. The zero-order chi connectivity index (χ0) is 18.1. The number of nitrogens with zero attached hydrogens (tertiary/aromatic N) is 2. The Morgan fingerprint density at radius 2 is 1.85 bits per heavy atom. The van der Waals surface area contributed by atoms with E-state index in [4.69, 9.17) is 16.7 Å². The molecule has 0 amide bonds. The molecule has 2 aliphatic heterocycles. The number of hydrogen-bond donors (Lipinski definition) is 2. The second-order valence-corrected chi connectivity index (χ2v) is 8.42. The summed E-state index contributed by atoms with van der Waals surface area (Å²) in [5, 5.41) is 19.8. The van der Waals surface area contributed by atoms with Crippen molar-refractivity contribution in [3.63, 3.8) is 0 Å². The molecule has 0 radical (unpaired) electrons. The van der Waals surface area contributed by atoms with Gasteiger partial charge in [0.05, 0.1) is 6.61 Å². The van der Waals surface area contributed by atoms with E-state index in [-0.39, 0.29) is 12.6 Å². The lowest BCUT2D eigenvalue weighted by Gasteiger charge is -2.39. The molecule has 0 spiro atoms. The van der Waals surface area contributed by atoms with Crippen molar-refractivity contribution in [3.8, 4) is 5.75 Å². The SMILES string of the molecule is OCCN1CCN(C2Cc3ccc(O)cc3Sc3ccc(Cl)cc32)CC1. The van der Waals surface area contributed by atoms with E-state index < -0.39 is 0 Å². The Hall–Kier alpha value is -1.24. The van der Waals surface area contributed by atoms with Crippen molar-refractivity contribution in [2.75, 3.05) is 39.3 Å². The van der Waals surface area contributed by atoms with Crippen LogP contribution in [0.3, 0.4) is 0 Å². The zero-order valence-electron chi connectivity index (χ0n) is 14.6. The van der Waals surface area contributed by atoms with Crippen molar-refractivity contribution < 1.29 is 10.2 Å². The molecule has 0 bridgehead atoms. The molecule has 1 atom stereocenters. The molecular formula is C20H23ClN2O2S. The minimum atomic E-state index is 0.218. The molecule has 1 saturated heterocycles. The van der Waals surface area contributed by atoms with E-state index >= 15 is 0 Å². The smallest absolute Gasteiger partial charge is 0.116 e. The molecule has 0 aromatic heterocycles. The maximum absolute atomic E-state index is 9.90. The number of hydrogen-bond acceptors (Lipinski definition) is 5. The van der Waals surface area contributed by atoms with Crippen LogP contribution in [0.4, 0.5) is 0 Å². The summed E-state index contributed by atoms with van der Waals surface area (Å²) in [4.78, 5) is 7.18. The van der Waals surface area contributed by atoms with E-state index in [1.54, 1.807) is 17.8 Å². The Kier molecular flexibility index (Phi) is 5.43. The number of benzene rings is 2. The Morgan fingerprint density at radius 1 is 1.04 bits per heavy atom. The number of rotatable bonds is 3. The summed E-state index contributed by atoms with van der Waals surface area (Å²) >= 11 is 8.05. The summed E-state index contributed by atoms with van der Waals surface area (Å²) in [6.07, 6.45) is 0.913. The van der Waals surface area contributed by atoms with Gasteiger partial charge in [-0.2, -0.15) is 0 Å². The van der Waals surface area contributed by atoms with Crippen molar-refractivity contribution in [3.05, 3.63) is 52.5 Å². The van der Waals surface area contributed by atoms with Gasteiger partial charge in [0, 0.05) is 53.6 Å². The van der Waals surface area contributed by atoms with Crippen LogP contribution in [-0.4, -0.2) is 59.3 Å². The average molecular weight is 391 g/mol. The van der Waals surface area contributed by atoms with Crippen LogP contribution in [0.15, 0.2) is 46.2 Å². The van der Waals surface area contributed by atoms with Gasteiger partial charge in [0.1, 0.15) is 5.75 Å². The number of phenolic OH excluding ortho intramolecular Hbond substituents is 1. The van der Waals surface area contributed by atoms with Crippen LogP contribution in [0.1, 0.15) is 17.2 Å². The normalized spacial score (nSPS) is 21.1. The molecule has 1 unspecified atom stereocenters. The molecule has 2 heterocycles. The van der Waals surface area contributed by atoms with Crippen LogP contribution in [0.2, 0.25) is 5.02 Å². The molecule has 1 fully saturated rings. The van der Waals surface area contributed by atoms with E-state index in [0.717, 1.165) is 49.1 Å². The Labute approximate surface area is 163 Å². The fourth-order valence-corrected chi connectivity index (χ4v) is 5.21. The average Bonchev–Trinajstić information content (AvgIpc) is 2.79. The molecule has 0 aliphatic carbocycles. The summed E-state index contributed by atoms with van der Waals surface area (Å²) in [5.41, 5.74) is 2.54. The molecular weight excluding hydrogens is 368 g/mol. The molecule has 2 aliphatic rings. The van der Waals surface area contributed by atoms with Crippen molar-refractivity contribution in [2.24, 2.45) is 0 Å². The summed E-state index contributed by atoms with van der Waals surface area (Å²) in [6, 6.07) is 12.1. The van der Waals surface area contributed by atoms with Gasteiger partial charge in [-0.3, -0.25) is 9.80 Å². The molecule has 6 heteroatoms. The topological polar surface area (TPSA) is 46.9 Å². The first-order valence-electron chi connectivity index (χ1n) is 9.00. The summed E-state index contributed by atoms with van der Waals surface area (Å²) in [5.74, 6) is 0.308. The van der Waals surface area contributed by atoms with Gasteiger partial charge in [-0.1, -0.05) is 29.4 Å². The van der Waals surface area contributed by atoms with Crippen LogP contribution in [0, 0.1) is 0 Å². The van der Waals surface area contributed by atoms with E-state index in [9.17, 15) is 5.11 Å². The van der Waals surface area contributed by atoms with Gasteiger partial charge in [0.2, 0.25) is 0 Å². The number of fused-ring (bicyclic) bond motifs is 2. The highest BCUT2D eigenvalue weighted by Crippen LogP contribution is 2.44. The monoisotopic (exact) mass is 390 g/mol. The minimum Gasteiger partial charge on any atom is -0.508 e. The molecule has 138 valence electrons. The lowest BCUT2D eigenvalue weighted by Crippen LogP contribution is -2.48. The van der Waals surface area contributed by atoms with Gasteiger partial charge < -0.3 is 10.2 Å². The predicted molar refractivity (Wildman–Crippen MR) is 105 cm³/mol. The van der Waals surface area contributed by atoms with Crippen molar-refractivity contribution in [1.82, 2.24) is 9.80 Å². The lowest BCUT2D eigenvalue weighted by atomic mass is 9.96. The van der Waals surface area contributed by atoms with Crippen LogP contribution >= 0.6 is 23.4 Å². The van der Waals surface area contributed by atoms with Gasteiger partial charge in [0.15, 0.2) is 0 Å². The first-order valence-corrected chi connectivity index (χ1v) is 10.2. The second kappa shape index (κ2) is 7.79. The summed E-state index contributed by atoms with van der Waals surface area (Å²) in [6.45, 7) is 4.88. The minimum absolute atomic E-state index is 0.218. The third kappa shape index (κ3) is 3.73. The molecule has 26 heavy (non-hydrogen) atoms. The van der Waals surface area contributed by atoms with Crippen LogP contribution in [-0.2, 0) is 6.42 Å². The number of β-amino-alcohol motifs (C(OH)–C–C–N with tert-alkyl or cyclic N) is 1. The molecule has 2 N–H and O–H groups in total. The van der Waals surface area contributed by atoms with Crippen LogP contribution < -0.4 is 0 Å². The van der Waals surface area contributed by atoms with Gasteiger partial charge in [0.25, 0.3) is 0 Å². The van der Waals surface area contributed by atoms with Gasteiger partial charge >= 0.3 is 0 Å². The van der Waals surface area contributed by atoms with Gasteiger partial charge in [-0.05, 0) is 47.9 Å². The first-order chi connectivity index (χ1) is 12.6. The lowest BCUT2D eigenvalue weighted by molar-refractivity contribution is 0.0823. The highest BCUT2D eigenvalue weighted by Gasteiger charge is 2.30. The predicted octanol–water partition coefficient (Wildman–Crippen LogP) is 3.40. The van der Waals surface area contributed by atoms with Crippen molar-refractivity contribution in [2.45, 2.75) is 22.3 Å². The standard InChI is InChI=1S/C20H23ClN2O2S/c21-15-2-4-19-17(12-15)18(23-7-5-22(6-8-23)9-10-24)11-14-1-3-16(25)13-20(14)26-19/h1-4,12-13,18,24-25H,5-11H2. The summed E-state index contributed by atoms with van der Waals surface area (Å²) in [7, 11) is 0. The van der Waals surface area contributed by atoms with Gasteiger partial charge in [-0.25, -0.2) is 0 Å². The largest absolute Gasteiger partial charge is 0.508 e. The highest BCUT2D eigenvalue weighted by atomic mass is 35.5. The van der Waals surface area contributed by atoms with Crippen LogP contribution in [0.25, 0.3) is 0 Å². The number of aliphatic hydroxyl groups excluding tert-OH is 1. The Bertz CT molecular complexity index is 793. The fourth-order valence-electron chi connectivity index (χ4n) is 3.88. The quantitative estimate of drug-likeness (QED) is 0.841. The van der Waals surface area contributed by atoms with E-state index in [1.165, 1.54) is 16.0 Å². The number of halogens is 1.